The van der Waals surface area contributed by atoms with E-state index < -0.39 is 15.1 Å². The summed E-state index contributed by atoms with van der Waals surface area (Å²) in [7, 11) is -2.04. The van der Waals surface area contributed by atoms with Gasteiger partial charge >= 0.3 is 0 Å². The summed E-state index contributed by atoms with van der Waals surface area (Å²) in [4.78, 5) is 21.9. The van der Waals surface area contributed by atoms with E-state index in [0.717, 1.165) is 25.7 Å². The van der Waals surface area contributed by atoms with Crippen molar-refractivity contribution >= 4 is 44.7 Å². The van der Waals surface area contributed by atoms with Crippen molar-refractivity contribution in [1.82, 2.24) is 15.3 Å². The molecule has 1 fully saturated rings. The molecule has 0 radical (unpaired) electrons. The molecule has 1 aliphatic rings. The molecule has 2 aromatic carbocycles. The summed E-state index contributed by atoms with van der Waals surface area (Å²) >= 11 is 0. The van der Waals surface area contributed by atoms with Gasteiger partial charge in [0.25, 0.3) is 5.91 Å². The number of hydrogen-bond donors (Lipinski definition) is 5. The maximum absolute atomic E-state index is 12.9. The number of carbonyl (C=O) groups is 1. The van der Waals surface area contributed by atoms with Crippen LogP contribution in [0.3, 0.4) is 0 Å². The standard InChI is InChI=1S/C28H37N7O4S/c1-16(2)40(37,38)24-11-6-5-10-22(24)32-26-17(3)25(30)34-28(35-26)33-21-13-12-18(14-23(21)39-4)27(36)31-20-9-7-8-19(29)15-20/h5-6,10-14,16,19-20H,7-9,15,29H2,1-4H3,(H,31,36)(H4,30,32,33,34,35). The fraction of sp³-hybridized carbons (Fsp3) is 0.393. The topological polar surface area (TPSA) is 174 Å². The third-order valence-electron chi connectivity index (χ3n) is 7.01. The lowest BCUT2D eigenvalue weighted by Gasteiger charge is -2.27. The van der Waals surface area contributed by atoms with Crippen LogP contribution in [0.25, 0.3) is 0 Å². The van der Waals surface area contributed by atoms with Crippen molar-refractivity contribution < 1.29 is 17.9 Å². The number of methoxy groups -OCH3 is 1. The molecule has 4 rings (SSSR count). The highest BCUT2D eigenvalue weighted by Crippen LogP contribution is 2.32. The Kier molecular flexibility index (Phi) is 8.79. The molecule has 2 unspecified atom stereocenters. The van der Waals surface area contributed by atoms with Crippen LogP contribution in [0.1, 0.15) is 55.5 Å². The maximum Gasteiger partial charge on any atom is 0.251 e. The molecule has 1 amide bonds. The molecule has 0 bridgehead atoms. The number of ether oxygens (including phenoxy) is 1. The van der Waals surface area contributed by atoms with Crippen LogP contribution in [-0.2, 0) is 9.84 Å². The molecule has 1 aliphatic carbocycles. The van der Waals surface area contributed by atoms with Crippen LogP contribution in [0.15, 0.2) is 47.4 Å². The van der Waals surface area contributed by atoms with E-state index in [1.807, 2.05) is 0 Å². The molecule has 0 spiro atoms. The van der Waals surface area contributed by atoms with Gasteiger partial charge in [-0.1, -0.05) is 12.1 Å². The highest BCUT2D eigenvalue weighted by Gasteiger charge is 2.24. The summed E-state index contributed by atoms with van der Waals surface area (Å²) in [6.45, 7) is 5.01. The summed E-state index contributed by atoms with van der Waals surface area (Å²) in [6.07, 6.45) is 3.65. The zero-order valence-corrected chi connectivity index (χ0v) is 24.0. The molecule has 1 heterocycles. The number of sulfone groups is 1. The third-order valence-corrected chi connectivity index (χ3v) is 9.22. The van der Waals surface area contributed by atoms with E-state index in [1.165, 1.54) is 7.11 Å². The number of hydrogen-bond acceptors (Lipinski definition) is 10. The van der Waals surface area contributed by atoms with E-state index in [4.69, 9.17) is 16.2 Å². The van der Waals surface area contributed by atoms with Gasteiger partial charge in [0, 0.05) is 23.2 Å². The molecular weight excluding hydrogens is 530 g/mol. The normalized spacial score (nSPS) is 17.4. The summed E-state index contributed by atoms with van der Waals surface area (Å²) in [5.74, 6) is 0.952. The van der Waals surface area contributed by atoms with E-state index >= 15 is 0 Å². The van der Waals surface area contributed by atoms with E-state index in [9.17, 15) is 13.2 Å². The molecule has 214 valence electrons. The Bertz CT molecular complexity index is 1490. The summed E-state index contributed by atoms with van der Waals surface area (Å²) in [5.41, 5.74) is 14.2. The first-order valence-corrected chi connectivity index (χ1v) is 14.8. The molecular formula is C28H37N7O4S. The average molecular weight is 568 g/mol. The predicted octanol–water partition coefficient (Wildman–Crippen LogP) is 4.04. The molecule has 7 N–H and O–H groups in total. The van der Waals surface area contributed by atoms with Crippen LogP contribution in [-0.4, -0.2) is 48.7 Å². The van der Waals surface area contributed by atoms with Crippen molar-refractivity contribution in [2.24, 2.45) is 5.73 Å². The highest BCUT2D eigenvalue weighted by molar-refractivity contribution is 7.92. The number of anilines is 5. The van der Waals surface area contributed by atoms with Gasteiger partial charge in [-0.05, 0) is 76.8 Å². The van der Waals surface area contributed by atoms with Crippen LogP contribution in [0.4, 0.5) is 29.0 Å². The summed E-state index contributed by atoms with van der Waals surface area (Å²) in [5, 5.41) is 8.69. The lowest BCUT2D eigenvalue weighted by Crippen LogP contribution is -2.42. The number of para-hydroxylation sites is 1. The number of carbonyl (C=O) groups excluding carboxylic acids is 1. The van der Waals surface area contributed by atoms with Gasteiger partial charge in [0.2, 0.25) is 5.95 Å². The van der Waals surface area contributed by atoms with Gasteiger partial charge in [-0.25, -0.2) is 8.42 Å². The Morgan fingerprint density at radius 2 is 1.82 bits per heavy atom. The zero-order valence-electron chi connectivity index (χ0n) is 23.2. The summed E-state index contributed by atoms with van der Waals surface area (Å²) < 4.78 is 31.4. The van der Waals surface area contributed by atoms with Gasteiger partial charge in [0.05, 0.1) is 28.6 Å². The number of benzene rings is 2. The van der Waals surface area contributed by atoms with Gasteiger partial charge in [-0.3, -0.25) is 4.79 Å². The average Bonchev–Trinajstić information content (AvgIpc) is 2.91. The van der Waals surface area contributed by atoms with Crippen LogP contribution in [0, 0.1) is 6.92 Å². The van der Waals surface area contributed by atoms with Crippen molar-refractivity contribution in [2.45, 2.75) is 68.7 Å². The number of nitrogens with one attached hydrogen (secondary N) is 3. The van der Waals surface area contributed by atoms with Crippen molar-refractivity contribution in [3.63, 3.8) is 0 Å². The molecule has 1 saturated carbocycles. The predicted molar refractivity (Wildman–Crippen MR) is 157 cm³/mol. The zero-order chi connectivity index (χ0) is 29.0. The lowest BCUT2D eigenvalue weighted by molar-refractivity contribution is 0.0925. The smallest absolute Gasteiger partial charge is 0.251 e. The second-order valence-corrected chi connectivity index (χ2v) is 12.7. The SMILES string of the molecule is COc1cc(C(=O)NC2CCCC(N)C2)ccc1Nc1nc(N)c(C)c(Nc2ccccc2S(=O)(=O)C(C)C)n1. The van der Waals surface area contributed by atoms with Crippen LogP contribution < -0.4 is 32.2 Å². The van der Waals surface area contributed by atoms with Crippen molar-refractivity contribution in [2.75, 3.05) is 23.5 Å². The van der Waals surface area contributed by atoms with Crippen molar-refractivity contribution in [3.8, 4) is 5.75 Å². The van der Waals surface area contributed by atoms with E-state index in [0.29, 0.717) is 34.1 Å². The molecule has 0 aliphatic heterocycles. The minimum absolute atomic E-state index is 0.0514. The monoisotopic (exact) mass is 567 g/mol. The second kappa shape index (κ2) is 12.1. The number of aromatic nitrogens is 2. The number of nitrogen functional groups attached to an aromatic ring is 1. The van der Waals surface area contributed by atoms with E-state index in [-0.39, 0.29) is 34.7 Å². The van der Waals surface area contributed by atoms with Crippen LogP contribution in [0.2, 0.25) is 0 Å². The van der Waals surface area contributed by atoms with E-state index in [2.05, 4.69) is 25.9 Å². The molecule has 0 saturated heterocycles. The Hall–Kier alpha value is -3.90. The van der Waals surface area contributed by atoms with Gasteiger partial charge in [-0.2, -0.15) is 9.97 Å². The second-order valence-electron chi connectivity index (χ2n) is 10.3. The van der Waals surface area contributed by atoms with Gasteiger partial charge < -0.3 is 32.2 Å². The van der Waals surface area contributed by atoms with Crippen molar-refractivity contribution in [3.05, 3.63) is 53.6 Å². The number of nitrogens with two attached hydrogens (primary N) is 2. The minimum Gasteiger partial charge on any atom is -0.495 e. The number of nitrogens with zero attached hydrogens (tertiary/aromatic N) is 2. The molecule has 11 nitrogen and oxygen atoms in total. The minimum atomic E-state index is -3.55. The third kappa shape index (κ3) is 6.45. The number of rotatable bonds is 9. The fourth-order valence-electron chi connectivity index (χ4n) is 4.59. The van der Waals surface area contributed by atoms with Crippen LogP contribution >= 0.6 is 0 Å². The van der Waals surface area contributed by atoms with Gasteiger partial charge in [0.1, 0.15) is 17.4 Å². The lowest BCUT2D eigenvalue weighted by atomic mass is 9.91. The Morgan fingerprint density at radius 3 is 2.52 bits per heavy atom. The van der Waals surface area contributed by atoms with Gasteiger partial charge in [0.15, 0.2) is 9.84 Å². The molecule has 12 heteroatoms. The quantitative estimate of drug-likeness (QED) is 0.254. The first-order valence-electron chi connectivity index (χ1n) is 13.2. The number of amides is 1. The highest BCUT2D eigenvalue weighted by atomic mass is 32.2. The Balaban J connectivity index is 1.58. The molecule has 3 aromatic rings. The van der Waals surface area contributed by atoms with E-state index in [1.54, 1.807) is 63.2 Å². The molecule has 1 aromatic heterocycles. The fourth-order valence-corrected chi connectivity index (χ4v) is 5.80. The van der Waals surface area contributed by atoms with Gasteiger partial charge in [-0.15, -0.1) is 0 Å². The molecule has 40 heavy (non-hydrogen) atoms. The summed E-state index contributed by atoms with van der Waals surface area (Å²) in [6, 6.07) is 11.8. The Morgan fingerprint density at radius 1 is 1.07 bits per heavy atom. The maximum atomic E-state index is 12.9. The molecule has 2 atom stereocenters. The largest absolute Gasteiger partial charge is 0.495 e. The first kappa shape index (κ1) is 29.1. The first-order chi connectivity index (χ1) is 19.0. The van der Waals surface area contributed by atoms with Crippen molar-refractivity contribution in [1.29, 1.82) is 0 Å². The Labute approximate surface area is 235 Å². The van der Waals surface area contributed by atoms with Crippen LogP contribution in [0.5, 0.6) is 5.75 Å².